The lowest BCUT2D eigenvalue weighted by Gasteiger charge is -2.22. The topological polar surface area (TPSA) is 81.5 Å². The van der Waals surface area contributed by atoms with E-state index in [0.717, 1.165) is 18.4 Å². The minimum Gasteiger partial charge on any atom is -0.464 e. The molecule has 0 atom stereocenters. The first kappa shape index (κ1) is 19.8. The van der Waals surface area contributed by atoms with Gasteiger partial charge < -0.3 is 14.2 Å². The average Bonchev–Trinajstić information content (AvgIpc) is 3.49. The van der Waals surface area contributed by atoms with Crippen molar-refractivity contribution in [3.63, 3.8) is 0 Å². The molecule has 1 amide bonds. The maximum Gasteiger partial charge on any atom is 0.354 e. The lowest BCUT2D eigenvalue weighted by molar-refractivity contribution is -0.132. The molecule has 0 aromatic carbocycles. The number of methoxy groups -OCH3 is 1. The van der Waals surface area contributed by atoms with Crippen LogP contribution in [0, 0.1) is 19.8 Å². The molecule has 3 rings (SSSR count). The molecular formula is C21H25N3O4. The van der Waals surface area contributed by atoms with Crippen LogP contribution in [0.25, 0.3) is 0 Å². The van der Waals surface area contributed by atoms with Gasteiger partial charge in [-0.3, -0.25) is 14.6 Å². The van der Waals surface area contributed by atoms with Gasteiger partial charge in [-0.2, -0.15) is 0 Å². The second kappa shape index (κ2) is 7.96. The van der Waals surface area contributed by atoms with Crippen LogP contribution in [0.5, 0.6) is 0 Å². The summed E-state index contributed by atoms with van der Waals surface area (Å²) >= 11 is 0. The van der Waals surface area contributed by atoms with Crippen LogP contribution in [0.3, 0.4) is 0 Å². The normalized spacial score (nSPS) is 13.3. The number of amides is 1. The molecule has 148 valence electrons. The van der Waals surface area contributed by atoms with Gasteiger partial charge in [-0.1, -0.05) is 0 Å². The summed E-state index contributed by atoms with van der Waals surface area (Å²) in [7, 11) is 3.05. The molecule has 1 aliphatic carbocycles. The lowest BCUT2D eigenvalue weighted by atomic mass is 10.0. The Hall–Kier alpha value is -2.96. The van der Waals surface area contributed by atoms with Crippen LogP contribution < -0.4 is 0 Å². The van der Waals surface area contributed by atoms with E-state index in [1.807, 2.05) is 12.1 Å². The summed E-state index contributed by atoms with van der Waals surface area (Å²) in [5.74, 6) is -0.642. The van der Waals surface area contributed by atoms with Crippen molar-refractivity contribution in [2.75, 3.05) is 13.7 Å². The second-order valence-electron chi connectivity index (χ2n) is 7.23. The Balaban J connectivity index is 1.88. The van der Waals surface area contributed by atoms with Crippen molar-refractivity contribution in [2.24, 2.45) is 13.0 Å². The number of hydrogen-bond donors (Lipinski definition) is 0. The number of nitrogens with zero attached hydrogens (tertiary/aromatic N) is 3. The summed E-state index contributed by atoms with van der Waals surface area (Å²) in [5, 5.41) is 0. The summed E-state index contributed by atoms with van der Waals surface area (Å²) in [6, 6.07) is 3.68. The third-order valence-electron chi connectivity index (χ3n) is 5.28. The van der Waals surface area contributed by atoms with Gasteiger partial charge in [0.25, 0.3) is 0 Å². The van der Waals surface area contributed by atoms with Crippen LogP contribution in [0.1, 0.15) is 50.5 Å². The molecule has 2 heterocycles. The maximum atomic E-state index is 13.1. The molecule has 7 heteroatoms. The molecule has 7 nitrogen and oxygen atoms in total. The zero-order valence-electron chi connectivity index (χ0n) is 16.7. The molecule has 0 unspecified atom stereocenters. The van der Waals surface area contributed by atoms with Crippen LogP contribution in [-0.4, -0.2) is 45.8 Å². The van der Waals surface area contributed by atoms with E-state index in [4.69, 9.17) is 4.74 Å². The van der Waals surface area contributed by atoms with Crippen molar-refractivity contribution in [2.45, 2.75) is 33.2 Å². The first-order valence-corrected chi connectivity index (χ1v) is 9.30. The number of carbonyl (C=O) groups excluding carboxylic acids is 3. The number of carbonyl (C=O) groups is 3. The number of rotatable bonds is 7. The highest BCUT2D eigenvalue weighted by molar-refractivity contribution is 6.04. The number of Topliss-reactive ketones (excluding diaryl/α,β-unsaturated/α-hetero) is 1. The summed E-state index contributed by atoms with van der Waals surface area (Å²) in [6.45, 7) is 3.87. The van der Waals surface area contributed by atoms with Gasteiger partial charge in [0.2, 0.25) is 5.91 Å². The first-order chi connectivity index (χ1) is 13.3. The van der Waals surface area contributed by atoms with Crippen LogP contribution >= 0.6 is 0 Å². The monoisotopic (exact) mass is 383 g/mol. The van der Waals surface area contributed by atoms with Crippen LogP contribution in [0.2, 0.25) is 0 Å². The van der Waals surface area contributed by atoms with E-state index in [2.05, 4.69) is 4.98 Å². The molecule has 0 aliphatic heterocycles. The SMILES string of the molecule is COC(=O)c1c(C)c(C(=O)CN(Cc2ccncc2)C(=O)C2CC2)c(C)n1C. The number of ketones is 1. The van der Waals surface area contributed by atoms with Gasteiger partial charge >= 0.3 is 5.97 Å². The van der Waals surface area contributed by atoms with Crippen molar-refractivity contribution in [3.8, 4) is 0 Å². The van der Waals surface area contributed by atoms with Gasteiger partial charge in [-0.15, -0.1) is 0 Å². The third-order valence-corrected chi connectivity index (χ3v) is 5.28. The second-order valence-corrected chi connectivity index (χ2v) is 7.23. The van der Waals surface area contributed by atoms with Gasteiger partial charge in [0, 0.05) is 43.2 Å². The Morgan fingerprint density at radius 2 is 1.86 bits per heavy atom. The van der Waals surface area contributed by atoms with E-state index in [1.165, 1.54) is 7.11 Å². The fourth-order valence-corrected chi connectivity index (χ4v) is 3.54. The summed E-state index contributed by atoms with van der Waals surface area (Å²) in [4.78, 5) is 43.6. The first-order valence-electron chi connectivity index (χ1n) is 9.30. The maximum absolute atomic E-state index is 13.1. The van der Waals surface area contributed by atoms with Crippen LogP contribution in [0.15, 0.2) is 24.5 Å². The van der Waals surface area contributed by atoms with Gasteiger partial charge in [0.15, 0.2) is 5.78 Å². The van der Waals surface area contributed by atoms with Crippen molar-refractivity contribution >= 4 is 17.7 Å². The third kappa shape index (κ3) is 3.83. The van der Waals surface area contributed by atoms with Gasteiger partial charge in [0.05, 0.1) is 13.7 Å². The number of ether oxygens (including phenoxy) is 1. The molecular weight excluding hydrogens is 358 g/mol. The summed E-state index contributed by atoms with van der Waals surface area (Å²) in [5.41, 5.74) is 3.03. The van der Waals surface area contributed by atoms with Crippen molar-refractivity contribution in [1.82, 2.24) is 14.5 Å². The van der Waals surface area contributed by atoms with Crippen molar-refractivity contribution in [3.05, 3.63) is 52.6 Å². The highest BCUT2D eigenvalue weighted by atomic mass is 16.5. The van der Waals surface area contributed by atoms with E-state index < -0.39 is 5.97 Å². The molecule has 0 bridgehead atoms. The van der Waals surface area contributed by atoms with Crippen LogP contribution in [-0.2, 0) is 23.1 Å². The van der Waals surface area contributed by atoms with E-state index in [9.17, 15) is 14.4 Å². The molecule has 0 spiro atoms. The van der Waals surface area contributed by atoms with E-state index >= 15 is 0 Å². The molecule has 2 aromatic rings. The van der Waals surface area contributed by atoms with E-state index in [1.54, 1.807) is 42.8 Å². The molecule has 1 saturated carbocycles. The Bertz CT molecular complexity index is 913. The highest BCUT2D eigenvalue weighted by Crippen LogP contribution is 2.32. The van der Waals surface area contributed by atoms with Crippen molar-refractivity contribution < 1.29 is 19.1 Å². The standard InChI is InChI=1S/C21H25N3O4/c1-13-18(14(2)23(3)19(13)21(27)28-4)17(25)12-24(20(26)16-5-6-16)11-15-7-9-22-10-8-15/h7-10,16H,5-6,11-12H2,1-4H3. The summed E-state index contributed by atoms with van der Waals surface area (Å²) < 4.78 is 6.51. The molecule has 0 N–H and O–H groups in total. The Morgan fingerprint density at radius 3 is 2.43 bits per heavy atom. The molecule has 1 fully saturated rings. The van der Waals surface area contributed by atoms with E-state index in [0.29, 0.717) is 29.1 Å². The zero-order chi connectivity index (χ0) is 20.4. The van der Waals surface area contributed by atoms with Crippen molar-refractivity contribution in [1.29, 1.82) is 0 Å². The zero-order valence-corrected chi connectivity index (χ0v) is 16.7. The largest absolute Gasteiger partial charge is 0.464 e. The number of pyridine rings is 1. The molecule has 2 aromatic heterocycles. The Morgan fingerprint density at radius 1 is 1.21 bits per heavy atom. The Kier molecular flexibility index (Phi) is 5.63. The molecule has 0 radical (unpaired) electrons. The average molecular weight is 383 g/mol. The van der Waals surface area contributed by atoms with Gasteiger partial charge in [0.1, 0.15) is 5.69 Å². The minimum absolute atomic E-state index is 0.00425. The fourth-order valence-electron chi connectivity index (χ4n) is 3.54. The van der Waals surface area contributed by atoms with Gasteiger partial charge in [-0.05, 0) is 49.9 Å². The molecule has 28 heavy (non-hydrogen) atoms. The summed E-state index contributed by atoms with van der Waals surface area (Å²) in [6.07, 6.45) is 5.08. The molecule has 1 aliphatic rings. The van der Waals surface area contributed by atoms with Crippen LogP contribution in [0.4, 0.5) is 0 Å². The minimum atomic E-state index is -0.482. The molecule has 0 saturated heterocycles. The predicted molar refractivity (Wildman–Crippen MR) is 103 cm³/mol. The van der Waals surface area contributed by atoms with E-state index in [-0.39, 0.29) is 24.2 Å². The quantitative estimate of drug-likeness (QED) is 0.542. The van der Waals surface area contributed by atoms with Gasteiger partial charge in [-0.25, -0.2) is 4.79 Å². The smallest absolute Gasteiger partial charge is 0.354 e. The number of hydrogen-bond acceptors (Lipinski definition) is 5. The Labute approximate surface area is 164 Å². The lowest BCUT2D eigenvalue weighted by Crippen LogP contribution is -2.36. The number of esters is 1. The number of aromatic nitrogens is 2. The fraction of sp³-hybridized carbons (Fsp3) is 0.429. The highest BCUT2D eigenvalue weighted by Gasteiger charge is 2.35. The predicted octanol–water partition coefficient (Wildman–Crippen LogP) is 2.45.